The molecule has 0 aliphatic carbocycles. The minimum absolute atomic E-state index is 0.435. The zero-order chi connectivity index (χ0) is 15.5. The van der Waals surface area contributed by atoms with E-state index in [0.717, 1.165) is 43.7 Å². The molecule has 2 aromatic rings. The van der Waals surface area contributed by atoms with Gasteiger partial charge in [0.05, 0.1) is 0 Å². The normalized spacial score (nSPS) is 14.6. The monoisotopic (exact) mass is 318 g/mol. The molecule has 3 heterocycles. The van der Waals surface area contributed by atoms with Crippen LogP contribution in [-0.2, 0) is 19.5 Å². The van der Waals surface area contributed by atoms with Gasteiger partial charge in [0, 0.05) is 49.0 Å². The first-order valence-corrected chi connectivity index (χ1v) is 8.09. The molecular formula is C15H18N4O2S. The van der Waals surface area contributed by atoms with E-state index in [0.29, 0.717) is 10.8 Å². The molecule has 0 atom stereocenters. The highest BCUT2D eigenvalue weighted by Gasteiger charge is 2.21. The Hall–Kier alpha value is -1.99. The average molecular weight is 318 g/mol. The van der Waals surface area contributed by atoms with Gasteiger partial charge in [0.15, 0.2) is 0 Å². The summed E-state index contributed by atoms with van der Waals surface area (Å²) in [5.74, 6) is -0.186. The molecule has 0 saturated carbocycles. The lowest BCUT2D eigenvalue weighted by Crippen LogP contribution is -2.29. The second-order valence-electron chi connectivity index (χ2n) is 5.27. The van der Waals surface area contributed by atoms with Gasteiger partial charge in [-0.2, -0.15) is 0 Å². The van der Waals surface area contributed by atoms with Crippen molar-refractivity contribution in [1.82, 2.24) is 14.9 Å². The van der Waals surface area contributed by atoms with Crippen LogP contribution >= 0.6 is 11.3 Å². The highest BCUT2D eigenvalue weighted by molar-refractivity contribution is 7.14. The van der Waals surface area contributed by atoms with Gasteiger partial charge in [0.2, 0.25) is 5.95 Å². The molecule has 6 nitrogen and oxygen atoms in total. The highest BCUT2D eigenvalue weighted by Crippen LogP contribution is 2.28. The molecular weight excluding hydrogens is 300 g/mol. The van der Waals surface area contributed by atoms with Gasteiger partial charge in [0.25, 0.3) is 0 Å². The molecule has 0 bridgehead atoms. The molecule has 1 aliphatic rings. The third-order valence-electron chi connectivity index (χ3n) is 3.60. The fourth-order valence-corrected chi connectivity index (χ4v) is 3.58. The molecule has 2 aromatic heterocycles. The zero-order valence-corrected chi connectivity index (χ0v) is 13.2. The third-order valence-corrected chi connectivity index (χ3v) is 4.83. The van der Waals surface area contributed by atoms with E-state index in [9.17, 15) is 4.79 Å². The Bertz CT molecular complexity index is 669. The van der Waals surface area contributed by atoms with Crippen LogP contribution in [0.1, 0.15) is 32.6 Å². The van der Waals surface area contributed by atoms with Crippen molar-refractivity contribution < 1.29 is 9.90 Å². The van der Waals surface area contributed by atoms with Crippen molar-refractivity contribution in [3.05, 3.63) is 39.3 Å². The van der Waals surface area contributed by atoms with Gasteiger partial charge in [-0.1, -0.05) is 0 Å². The predicted molar refractivity (Wildman–Crippen MR) is 85.3 cm³/mol. The molecule has 22 heavy (non-hydrogen) atoms. The molecule has 116 valence electrons. The van der Waals surface area contributed by atoms with Crippen molar-refractivity contribution >= 4 is 23.3 Å². The molecule has 3 rings (SSSR count). The number of nitrogens with zero attached hydrogens (tertiary/aromatic N) is 3. The van der Waals surface area contributed by atoms with Crippen LogP contribution in [0.2, 0.25) is 0 Å². The van der Waals surface area contributed by atoms with Crippen LogP contribution in [-0.4, -0.2) is 39.0 Å². The lowest BCUT2D eigenvalue weighted by molar-refractivity contribution is 0.0702. The number of rotatable bonds is 5. The quantitative estimate of drug-likeness (QED) is 0.880. The summed E-state index contributed by atoms with van der Waals surface area (Å²) in [7, 11) is 0. The van der Waals surface area contributed by atoms with Crippen LogP contribution < -0.4 is 5.32 Å². The second kappa shape index (κ2) is 6.41. The van der Waals surface area contributed by atoms with Gasteiger partial charge >= 0.3 is 5.97 Å². The largest absolute Gasteiger partial charge is 0.477 e. The van der Waals surface area contributed by atoms with E-state index in [1.165, 1.54) is 16.2 Å². The molecule has 7 heteroatoms. The van der Waals surface area contributed by atoms with E-state index in [1.54, 1.807) is 6.07 Å². The van der Waals surface area contributed by atoms with E-state index in [1.807, 2.05) is 19.3 Å². The summed E-state index contributed by atoms with van der Waals surface area (Å²) < 4.78 is 0. The Morgan fingerprint density at radius 3 is 2.91 bits per heavy atom. The first-order chi connectivity index (χ1) is 10.7. The fraction of sp³-hybridized carbons (Fsp3) is 0.400. The first-order valence-electron chi connectivity index (χ1n) is 7.27. The Balaban J connectivity index is 1.65. The lowest BCUT2D eigenvalue weighted by Gasteiger charge is -2.26. The van der Waals surface area contributed by atoms with Crippen LogP contribution in [0.5, 0.6) is 0 Å². The van der Waals surface area contributed by atoms with Gasteiger partial charge < -0.3 is 10.4 Å². The van der Waals surface area contributed by atoms with Crippen molar-refractivity contribution in [2.75, 3.05) is 18.4 Å². The van der Waals surface area contributed by atoms with Crippen LogP contribution in [0, 0.1) is 0 Å². The molecule has 0 aromatic carbocycles. The molecule has 0 saturated heterocycles. The number of aromatic nitrogens is 2. The number of nitrogens with one attached hydrogen (secondary N) is 1. The number of aromatic carboxylic acids is 1. The minimum atomic E-state index is -0.835. The number of hydrogen-bond donors (Lipinski definition) is 2. The van der Waals surface area contributed by atoms with Crippen LogP contribution in [0.15, 0.2) is 18.5 Å². The van der Waals surface area contributed by atoms with Crippen LogP contribution in [0.3, 0.4) is 0 Å². The standard InChI is InChI=1S/C15H18N4O2S/c1-2-16-15-17-6-10(7-18-15)8-19-4-3-12-11(9-19)5-13(22-12)14(20)21/h5-7H,2-4,8-9H2,1H3,(H,20,21)(H,16,17,18). The molecule has 1 aliphatic heterocycles. The Kier molecular flexibility index (Phi) is 4.35. The molecule has 0 amide bonds. The van der Waals surface area contributed by atoms with Crippen molar-refractivity contribution in [2.45, 2.75) is 26.4 Å². The predicted octanol–water partition coefficient (Wildman–Crippen LogP) is 2.23. The summed E-state index contributed by atoms with van der Waals surface area (Å²) in [5.41, 5.74) is 2.21. The summed E-state index contributed by atoms with van der Waals surface area (Å²) in [6.07, 6.45) is 4.59. The number of hydrogen-bond acceptors (Lipinski definition) is 6. The van der Waals surface area contributed by atoms with Crippen molar-refractivity contribution in [3.63, 3.8) is 0 Å². The van der Waals surface area contributed by atoms with Crippen molar-refractivity contribution in [1.29, 1.82) is 0 Å². The second-order valence-corrected chi connectivity index (χ2v) is 6.41. The summed E-state index contributed by atoms with van der Waals surface area (Å²) in [6, 6.07) is 1.80. The Labute approximate surface area is 132 Å². The fourth-order valence-electron chi connectivity index (χ4n) is 2.58. The van der Waals surface area contributed by atoms with E-state index in [4.69, 9.17) is 5.11 Å². The number of anilines is 1. The molecule has 0 fully saturated rings. The Morgan fingerprint density at radius 2 is 2.23 bits per heavy atom. The van der Waals surface area contributed by atoms with Crippen LogP contribution in [0.4, 0.5) is 5.95 Å². The topological polar surface area (TPSA) is 78.4 Å². The summed E-state index contributed by atoms with van der Waals surface area (Å²) in [5, 5.41) is 12.2. The van der Waals surface area contributed by atoms with E-state index < -0.39 is 5.97 Å². The first kappa shape index (κ1) is 14.9. The summed E-state index contributed by atoms with van der Waals surface area (Å²) in [4.78, 5) is 23.5. The maximum Gasteiger partial charge on any atom is 0.345 e. The molecule has 0 unspecified atom stereocenters. The molecule has 0 spiro atoms. The smallest absolute Gasteiger partial charge is 0.345 e. The lowest BCUT2D eigenvalue weighted by atomic mass is 10.1. The van der Waals surface area contributed by atoms with E-state index >= 15 is 0 Å². The molecule has 2 N–H and O–H groups in total. The number of carbonyl (C=O) groups is 1. The van der Waals surface area contributed by atoms with Crippen molar-refractivity contribution in [3.8, 4) is 0 Å². The SMILES string of the molecule is CCNc1ncc(CN2CCc3sc(C(=O)O)cc3C2)cn1. The minimum Gasteiger partial charge on any atom is -0.477 e. The van der Waals surface area contributed by atoms with E-state index in [2.05, 4.69) is 20.2 Å². The van der Waals surface area contributed by atoms with Crippen molar-refractivity contribution in [2.24, 2.45) is 0 Å². The zero-order valence-electron chi connectivity index (χ0n) is 12.4. The summed E-state index contributed by atoms with van der Waals surface area (Å²) >= 11 is 1.40. The van der Waals surface area contributed by atoms with Crippen LogP contribution in [0.25, 0.3) is 0 Å². The summed E-state index contributed by atoms with van der Waals surface area (Å²) in [6.45, 7) is 5.31. The maximum absolute atomic E-state index is 11.1. The number of fused-ring (bicyclic) bond motifs is 1. The Morgan fingerprint density at radius 1 is 1.45 bits per heavy atom. The maximum atomic E-state index is 11.1. The third kappa shape index (κ3) is 3.26. The van der Waals surface area contributed by atoms with Gasteiger partial charge in [-0.15, -0.1) is 11.3 Å². The average Bonchev–Trinajstić information content (AvgIpc) is 2.93. The number of thiophene rings is 1. The molecule has 0 radical (unpaired) electrons. The number of carboxylic acid groups (broad SMARTS) is 1. The van der Waals surface area contributed by atoms with Gasteiger partial charge in [-0.3, -0.25) is 4.90 Å². The van der Waals surface area contributed by atoms with Gasteiger partial charge in [-0.25, -0.2) is 14.8 Å². The van der Waals surface area contributed by atoms with Gasteiger partial charge in [0.1, 0.15) is 4.88 Å². The number of carboxylic acids is 1. The highest BCUT2D eigenvalue weighted by atomic mass is 32.1. The van der Waals surface area contributed by atoms with Gasteiger partial charge in [-0.05, 0) is 25.0 Å². The van der Waals surface area contributed by atoms with E-state index in [-0.39, 0.29) is 0 Å².